The van der Waals surface area contributed by atoms with E-state index in [-0.39, 0.29) is 5.57 Å². The maximum Gasteiger partial charge on any atom is 0.438 e. The second kappa shape index (κ2) is 11.5. The molecule has 0 fully saturated rings. The number of hydrogen-bond acceptors (Lipinski definition) is 4. The molecule has 0 saturated carbocycles. The molecule has 0 bridgehead atoms. The number of rotatable bonds is 14. The molecule has 0 saturated heterocycles. The van der Waals surface area contributed by atoms with Crippen molar-refractivity contribution in [3.05, 3.63) is 12.2 Å². The van der Waals surface area contributed by atoms with Gasteiger partial charge >= 0.3 is 59.5 Å². The van der Waals surface area contributed by atoms with Crippen molar-refractivity contribution in [3.8, 4) is 0 Å². The van der Waals surface area contributed by atoms with Gasteiger partial charge in [0.25, 0.3) is 0 Å². The van der Waals surface area contributed by atoms with Crippen LogP contribution in [0.2, 0.25) is 0 Å². The molecule has 0 rings (SSSR count). The van der Waals surface area contributed by atoms with Crippen LogP contribution in [0.1, 0.15) is 13.3 Å². The van der Waals surface area contributed by atoms with E-state index in [0.29, 0.717) is 0 Å². The number of ether oxygens (including phenoxy) is 2. The molecule has 0 radical (unpaired) electrons. The summed E-state index contributed by atoms with van der Waals surface area (Å²) in [5.41, 5.74) is -9.02. The van der Waals surface area contributed by atoms with E-state index in [1.807, 2.05) is 0 Å². The lowest BCUT2D eigenvalue weighted by Gasteiger charge is -2.45. The lowest BCUT2D eigenvalue weighted by Crippen LogP contribution is -2.77. The summed E-state index contributed by atoms with van der Waals surface area (Å²) in [5, 5.41) is 9.32. The van der Waals surface area contributed by atoms with Gasteiger partial charge in [-0.2, -0.15) is 79.0 Å². The van der Waals surface area contributed by atoms with Crippen molar-refractivity contribution in [1.82, 2.24) is 0 Å². The van der Waals surface area contributed by atoms with E-state index in [0.717, 1.165) is 6.92 Å². The number of hydrogen-bond donors (Lipinski definition) is 1. The van der Waals surface area contributed by atoms with E-state index in [1.54, 1.807) is 0 Å². The first-order chi connectivity index (χ1) is 17.7. The highest BCUT2D eigenvalue weighted by Crippen LogP contribution is 2.66. The zero-order chi connectivity index (χ0) is 33.5. The van der Waals surface area contributed by atoms with E-state index in [2.05, 4.69) is 16.1 Å². The second-order valence-corrected chi connectivity index (χ2v) is 8.09. The average molecular weight is 656 g/mol. The number of aliphatic hydroxyl groups is 1. The van der Waals surface area contributed by atoms with Crippen LogP contribution in [0.15, 0.2) is 12.2 Å². The van der Waals surface area contributed by atoms with Gasteiger partial charge in [-0.3, -0.25) is 0 Å². The Morgan fingerprint density at radius 3 is 1.39 bits per heavy atom. The van der Waals surface area contributed by atoms with Crippen LogP contribution < -0.4 is 0 Å². The molecule has 41 heavy (non-hydrogen) atoms. The molecule has 0 aromatic rings. The average Bonchev–Trinajstić information content (AvgIpc) is 2.77. The number of halogens is 19. The summed E-state index contributed by atoms with van der Waals surface area (Å²) >= 11 is 0. The van der Waals surface area contributed by atoms with Gasteiger partial charge in [0.15, 0.2) is 0 Å². The normalized spacial score (nSPS) is 16.0. The van der Waals surface area contributed by atoms with Gasteiger partial charge in [-0.05, 0) is 6.92 Å². The minimum atomic E-state index is -9.08. The minimum Gasteiger partial charge on any atom is -0.460 e. The first-order valence-electron chi connectivity index (χ1n) is 9.90. The van der Waals surface area contributed by atoms with Gasteiger partial charge in [0.2, 0.25) is 0 Å². The van der Waals surface area contributed by atoms with Crippen LogP contribution in [-0.2, 0) is 14.3 Å². The second-order valence-electron chi connectivity index (χ2n) is 8.09. The Kier molecular flexibility index (Phi) is 10.9. The molecule has 0 spiro atoms. The Bertz CT molecular complexity index is 923. The zero-order valence-corrected chi connectivity index (χ0v) is 19.5. The summed E-state index contributed by atoms with van der Waals surface area (Å²) in [6.07, 6.45) is -21.5. The van der Waals surface area contributed by atoms with E-state index in [1.165, 1.54) is 0 Å². The van der Waals surface area contributed by atoms with Crippen molar-refractivity contribution >= 4 is 5.97 Å². The van der Waals surface area contributed by atoms with E-state index in [9.17, 15) is 93.3 Å². The fourth-order valence-electron chi connectivity index (χ4n) is 2.47. The smallest absolute Gasteiger partial charge is 0.438 e. The number of alkyl halides is 19. The summed E-state index contributed by atoms with van der Waals surface area (Å²) in [6, 6.07) is 0. The van der Waals surface area contributed by atoms with Crippen LogP contribution in [0.25, 0.3) is 0 Å². The molecule has 0 amide bonds. The molecule has 1 N–H and O–H groups in total. The van der Waals surface area contributed by atoms with Crippen molar-refractivity contribution in [2.75, 3.05) is 19.8 Å². The third-order valence-electron chi connectivity index (χ3n) is 4.88. The molecule has 1 atom stereocenters. The Morgan fingerprint density at radius 2 is 1.02 bits per heavy atom. The van der Waals surface area contributed by atoms with Crippen LogP contribution in [0.4, 0.5) is 83.4 Å². The third kappa shape index (κ3) is 6.43. The van der Waals surface area contributed by atoms with Crippen molar-refractivity contribution < 1.29 is 103 Å². The maximum atomic E-state index is 13.8. The molecular formula is C18H15F19O4. The number of carbonyl (C=O) groups excluding carboxylic acids is 1. The lowest BCUT2D eigenvalue weighted by molar-refractivity contribution is -0.472. The highest BCUT2D eigenvalue weighted by molar-refractivity contribution is 5.86. The van der Waals surface area contributed by atoms with Crippen LogP contribution in [0, 0.1) is 0 Å². The molecule has 0 aromatic heterocycles. The highest BCUT2D eigenvalue weighted by Gasteiger charge is 2.98. The standard InChI is InChI=1S/C18H15F19O4/c1-7(2)9(39)41-6-8(38)5-40-4-3-10(19,20)12(22,23)14(26,27)16(30,31)15(28,29)13(24,25)11(21,17(32,33)34)18(35,36)37/h8,38H,1,3-6H2,2H3. The zero-order valence-electron chi connectivity index (χ0n) is 19.5. The van der Waals surface area contributed by atoms with Crippen LogP contribution in [-0.4, -0.2) is 90.6 Å². The number of aliphatic hydroxyl groups excluding tert-OH is 1. The summed E-state index contributed by atoms with van der Waals surface area (Å²) < 4.78 is 261. The molecule has 0 heterocycles. The molecular weight excluding hydrogens is 641 g/mol. The highest BCUT2D eigenvalue weighted by atomic mass is 19.4. The molecule has 0 aliphatic heterocycles. The van der Waals surface area contributed by atoms with Gasteiger partial charge in [-0.15, -0.1) is 0 Å². The Labute approximate surface area is 215 Å². The first kappa shape index (κ1) is 38.8. The lowest BCUT2D eigenvalue weighted by atomic mass is 9.83. The molecule has 244 valence electrons. The molecule has 0 aliphatic carbocycles. The largest absolute Gasteiger partial charge is 0.460 e. The van der Waals surface area contributed by atoms with Crippen LogP contribution in [0.5, 0.6) is 0 Å². The predicted molar refractivity (Wildman–Crippen MR) is 92.8 cm³/mol. The Balaban J connectivity index is 6.16. The van der Waals surface area contributed by atoms with Gasteiger partial charge < -0.3 is 14.6 Å². The fraction of sp³-hybridized carbons (Fsp3) is 0.833. The summed E-state index contributed by atoms with van der Waals surface area (Å²) in [5.74, 6) is -51.5. The number of carbonyl (C=O) groups is 1. The van der Waals surface area contributed by atoms with Crippen molar-refractivity contribution in [2.45, 2.75) is 73.0 Å². The molecule has 4 nitrogen and oxygen atoms in total. The Morgan fingerprint density at radius 1 is 0.659 bits per heavy atom. The number of esters is 1. The van der Waals surface area contributed by atoms with E-state index >= 15 is 0 Å². The summed E-state index contributed by atoms with van der Waals surface area (Å²) in [6.45, 7) is -0.00777. The SMILES string of the molecule is C=C(C)C(=O)OCC(O)COCCC(F)(F)C(F)(F)C(F)(F)C(F)(F)C(F)(F)C(F)(F)C(F)(C(F)(F)F)C(F)(F)F. The predicted octanol–water partition coefficient (Wildman–Crippen LogP) is 6.52. The van der Waals surface area contributed by atoms with Gasteiger partial charge in [0, 0.05) is 12.0 Å². The first-order valence-corrected chi connectivity index (χ1v) is 9.90. The van der Waals surface area contributed by atoms with Crippen LogP contribution in [0.3, 0.4) is 0 Å². The van der Waals surface area contributed by atoms with Crippen molar-refractivity contribution in [1.29, 1.82) is 0 Å². The third-order valence-corrected chi connectivity index (χ3v) is 4.88. The maximum absolute atomic E-state index is 13.8. The van der Waals surface area contributed by atoms with Crippen molar-refractivity contribution in [2.24, 2.45) is 0 Å². The topological polar surface area (TPSA) is 55.8 Å². The quantitative estimate of drug-likeness (QED) is 0.100. The van der Waals surface area contributed by atoms with Gasteiger partial charge in [-0.1, -0.05) is 6.58 Å². The minimum absolute atomic E-state index is 0.227. The van der Waals surface area contributed by atoms with Gasteiger partial charge in [-0.25, -0.2) is 9.18 Å². The Hall–Kier alpha value is -2.20. The molecule has 23 heteroatoms. The summed E-state index contributed by atoms with van der Waals surface area (Å²) in [7, 11) is 0. The fourth-order valence-corrected chi connectivity index (χ4v) is 2.47. The molecule has 1 unspecified atom stereocenters. The van der Waals surface area contributed by atoms with Crippen molar-refractivity contribution in [3.63, 3.8) is 0 Å². The summed E-state index contributed by atoms with van der Waals surface area (Å²) in [4.78, 5) is 11.1. The monoisotopic (exact) mass is 656 g/mol. The van der Waals surface area contributed by atoms with E-state index in [4.69, 9.17) is 0 Å². The van der Waals surface area contributed by atoms with E-state index < -0.39 is 91.9 Å². The molecule has 0 aromatic carbocycles. The molecule has 0 aliphatic rings. The van der Waals surface area contributed by atoms with Gasteiger partial charge in [0.05, 0.1) is 13.2 Å². The van der Waals surface area contributed by atoms with Gasteiger partial charge in [0.1, 0.15) is 12.7 Å². The van der Waals surface area contributed by atoms with Crippen LogP contribution >= 0.6 is 0 Å².